The van der Waals surface area contributed by atoms with Crippen LogP contribution >= 0.6 is 0 Å². The van der Waals surface area contributed by atoms with Gasteiger partial charge in [-0.1, -0.05) is 37.6 Å². The molecule has 150 valence electrons. The fraction of sp³-hybridized carbons (Fsp3) is 0.391. The van der Waals surface area contributed by atoms with Gasteiger partial charge in [-0.25, -0.2) is 0 Å². The van der Waals surface area contributed by atoms with E-state index in [1.807, 2.05) is 34.6 Å². The fourth-order valence-electron chi connectivity index (χ4n) is 3.11. The van der Waals surface area contributed by atoms with Crippen LogP contribution in [-0.4, -0.2) is 25.0 Å². The first kappa shape index (κ1) is 21.5. The Morgan fingerprint density at radius 2 is 1.57 bits per heavy atom. The average Bonchev–Trinajstić information content (AvgIpc) is 2.67. The van der Waals surface area contributed by atoms with Crippen LogP contribution in [0.25, 0.3) is 0 Å². The molecular formula is C23H30N2O3. The lowest BCUT2D eigenvalue weighted by molar-refractivity contribution is -0.124. The highest BCUT2D eigenvalue weighted by Crippen LogP contribution is 2.19. The monoisotopic (exact) mass is 382 g/mol. The van der Waals surface area contributed by atoms with E-state index in [2.05, 4.69) is 28.8 Å². The van der Waals surface area contributed by atoms with Gasteiger partial charge in [0, 0.05) is 5.56 Å². The predicted octanol–water partition coefficient (Wildman–Crippen LogP) is 3.94. The second-order valence-corrected chi connectivity index (χ2v) is 7.51. The van der Waals surface area contributed by atoms with Crippen molar-refractivity contribution >= 4 is 11.8 Å². The lowest BCUT2D eigenvalue weighted by Gasteiger charge is -2.25. The predicted molar refractivity (Wildman–Crippen MR) is 112 cm³/mol. The Hall–Kier alpha value is -2.82. The molecule has 0 spiro atoms. The van der Waals surface area contributed by atoms with E-state index in [-0.39, 0.29) is 23.8 Å². The summed E-state index contributed by atoms with van der Waals surface area (Å²) < 4.78 is 5.11. The molecule has 2 atom stereocenters. The smallest absolute Gasteiger partial charge is 0.251 e. The molecule has 2 N–H and O–H groups in total. The molecule has 2 unspecified atom stereocenters. The standard InChI is InChI=1S/C23H30N2O3/c1-14(2)21(25-22(26)18-9-11-19(28-6)12-10-18)23(27)24-17(5)20-13-15(3)7-8-16(20)4/h7-14,17,21H,1-6H3,(H,24,27)(H,25,26). The van der Waals surface area contributed by atoms with Gasteiger partial charge in [-0.2, -0.15) is 0 Å². The molecule has 0 radical (unpaired) electrons. The van der Waals surface area contributed by atoms with E-state index in [4.69, 9.17) is 4.74 Å². The zero-order valence-corrected chi connectivity index (χ0v) is 17.5. The molecule has 0 saturated heterocycles. The number of ether oxygens (including phenoxy) is 1. The van der Waals surface area contributed by atoms with Crippen LogP contribution in [0.5, 0.6) is 5.75 Å². The molecule has 0 saturated carbocycles. The molecular weight excluding hydrogens is 352 g/mol. The number of rotatable bonds is 7. The Bertz CT molecular complexity index is 828. The van der Waals surface area contributed by atoms with Crippen molar-refractivity contribution in [3.63, 3.8) is 0 Å². The molecule has 0 bridgehead atoms. The average molecular weight is 383 g/mol. The van der Waals surface area contributed by atoms with E-state index >= 15 is 0 Å². The Morgan fingerprint density at radius 1 is 0.929 bits per heavy atom. The summed E-state index contributed by atoms with van der Waals surface area (Å²) in [6, 6.07) is 12.2. The quantitative estimate of drug-likeness (QED) is 0.762. The van der Waals surface area contributed by atoms with E-state index in [1.54, 1.807) is 31.4 Å². The van der Waals surface area contributed by atoms with Gasteiger partial charge in [-0.05, 0) is 62.1 Å². The van der Waals surface area contributed by atoms with Crippen LogP contribution in [0.4, 0.5) is 0 Å². The van der Waals surface area contributed by atoms with Crippen molar-refractivity contribution in [2.24, 2.45) is 5.92 Å². The molecule has 28 heavy (non-hydrogen) atoms. The minimum absolute atomic E-state index is 0.0481. The summed E-state index contributed by atoms with van der Waals surface area (Å²) in [4.78, 5) is 25.5. The zero-order valence-electron chi connectivity index (χ0n) is 17.5. The maximum Gasteiger partial charge on any atom is 0.251 e. The van der Waals surface area contributed by atoms with Crippen molar-refractivity contribution in [2.75, 3.05) is 7.11 Å². The first-order chi connectivity index (χ1) is 13.2. The lowest BCUT2D eigenvalue weighted by Crippen LogP contribution is -2.50. The molecule has 0 heterocycles. The van der Waals surface area contributed by atoms with Crippen molar-refractivity contribution in [1.82, 2.24) is 10.6 Å². The van der Waals surface area contributed by atoms with Crippen molar-refractivity contribution in [2.45, 2.75) is 46.7 Å². The number of nitrogens with one attached hydrogen (secondary N) is 2. The number of carbonyl (C=O) groups is 2. The van der Waals surface area contributed by atoms with Gasteiger partial charge in [0.25, 0.3) is 5.91 Å². The zero-order chi connectivity index (χ0) is 20.8. The highest BCUT2D eigenvalue weighted by atomic mass is 16.5. The van der Waals surface area contributed by atoms with E-state index in [9.17, 15) is 9.59 Å². The summed E-state index contributed by atoms with van der Waals surface area (Å²) in [6.07, 6.45) is 0. The summed E-state index contributed by atoms with van der Waals surface area (Å²) in [6.45, 7) is 9.86. The second kappa shape index (κ2) is 9.40. The molecule has 0 aliphatic rings. The first-order valence-corrected chi connectivity index (χ1v) is 9.55. The number of hydrogen-bond acceptors (Lipinski definition) is 3. The number of carbonyl (C=O) groups excluding carboxylic acids is 2. The minimum atomic E-state index is -0.623. The van der Waals surface area contributed by atoms with E-state index < -0.39 is 6.04 Å². The molecule has 2 rings (SSSR count). The summed E-state index contributed by atoms with van der Waals surface area (Å²) in [5.74, 6) is 0.159. The maximum absolute atomic E-state index is 12.9. The topological polar surface area (TPSA) is 67.4 Å². The van der Waals surface area contributed by atoms with Crippen molar-refractivity contribution in [1.29, 1.82) is 0 Å². The van der Waals surface area contributed by atoms with Gasteiger partial charge in [-0.3, -0.25) is 9.59 Å². The molecule has 0 aliphatic heterocycles. The third-order valence-electron chi connectivity index (χ3n) is 4.85. The van der Waals surface area contributed by atoms with Gasteiger partial charge in [-0.15, -0.1) is 0 Å². The summed E-state index contributed by atoms with van der Waals surface area (Å²) in [7, 11) is 1.57. The summed E-state index contributed by atoms with van der Waals surface area (Å²) in [5, 5.41) is 5.91. The van der Waals surface area contributed by atoms with Crippen LogP contribution in [-0.2, 0) is 4.79 Å². The first-order valence-electron chi connectivity index (χ1n) is 9.55. The molecule has 0 fully saturated rings. The van der Waals surface area contributed by atoms with Crippen LogP contribution < -0.4 is 15.4 Å². The molecule has 2 aromatic carbocycles. The minimum Gasteiger partial charge on any atom is -0.497 e. The van der Waals surface area contributed by atoms with Crippen molar-refractivity contribution < 1.29 is 14.3 Å². The molecule has 2 amide bonds. The van der Waals surface area contributed by atoms with Crippen LogP contribution in [0, 0.1) is 19.8 Å². The Kier molecular flexibility index (Phi) is 7.21. The highest BCUT2D eigenvalue weighted by Gasteiger charge is 2.26. The van der Waals surface area contributed by atoms with Crippen LogP contribution in [0.15, 0.2) is 42.5 Å². The molecule has 2 aromatic rings. The molecule has 5 nitrogen and oxygen atoms in total. The van der Waals surface area contributed by atoms with Crippen LogP contribution in [0.2, 0.25) is 0 Å². The van der Waals surface area contributed by atoms with Gasteiger partial charge in [0.1, 0.15) is 11.8 Å². The van der Waals surface area contributed by atoms with Crippen LogP contribution in [0.3, 0.4) is 0 Å². The Labute approximate surface area is 167 Å². The van der Waals surface area contributed by atoms with Crippen LogP contribution in [0.1, 0.15) is 53.9 Å². The fourth-order valence-corrected chi connectivity index (χ4v) is 3.11. The number of aryl methyl sites for hydroxylation is 2. The van der Waals surface area contributed by atoms with Gasteiger partial charge in [0.15, 0.2) is 0 Å². The Morgan fingerprint density at radius 3 is 2.14 bits per heavy atom. The maximum atomic E-state index is 12.9. The number of benzene rings is 2. The SMILES string of the molecule is COc1ccc(C(=O)NC(C(=O)NC(C)c2cc(C)ccc2C)C(C)C)cc1. The van der Waals surface area contributed by atoms with E-state index in [0.717, 1.165) is 16.7 Å². The van der Waals surface area contributed by atoms with Crippen molar-refractivity contribution in [3.05, 3.63) is 64.7 Å². The number of hydrogen-bond donors (Lipinski definition) is 2. The van der Waals surface area contributed by atoms with E-state index in [1.165, 1.54) is 0 Å². The molecule has 5 heteroatoms. The highest BCUT2D eigenvalue weighted by molar-refractivity contribution is 5.97. The van der Waals surface area contributed by atoms with E-state index in [0.29, 0.717) is 11.3 Å². The van der Waals surface area contributed by atoms with Crippen molar-refractivity contribution in [3.8, 4) is 5.75 Å². The van der Waals surface area contributed by atoms with Gasteiger partial charge in [0.2, 0.25) is 5.91 Å². The lowest BCUT2D eigenvalue weighted by atomic mass is 9.98. The third-order valence-corrected chi connectivity index (χ3v) is 4.85. The van der Waals surface area contributed by atoms with Gasteiger partial charge in [0.05, 0.1) is 13.2 Å². The number of amides is 2. The second-order valence-electron chi connectivity index (χ2n) is 7.51. The van der Waals surface area contributed by atoms with Gasteiger partial charge >= 0.3 is 0 Å². The Balaban J connectivity index is 2.10. The molecule has 0 aromatic heterocycles. The third kappa shape index (κ3) is 5.35. The summed E-state index contributed by atoms with van der Waals surface area (Å²) >= 11 is 0. The molecule has 0 aliphatic carbocycles. The largest absolute Gasteiger partial charge is 0.497 e. The van der Waals surface area contributed by atoms with Gasteiger partial charge < -0.3 is 15.4 Å². The number of methoxy groups -OCH3 is 1. The summed E-state index contributed by atoms with van der Waals surface area (Å²) in [5.41, 5.74) is 3.84. The normalized spacial score (nSPS) is 13.0.